The molecule has 3 rings (SSSR count). The summed E-state index contributed by atoms with van der Waals surface area (Å²) >= 11 is 0. The van der Waals surface area contributed by atoms with Crippen LogP contribution in [-0.4, -0.2) is 32.6 Å². The van der Waals surface area contributed by atoms with E-state index in [0.717, 1.165) is 0 Å². The maximum absolute atomic E-state index is 12.9. The maximum Gasteiger partial charge on any atom is 0.308 e. The van der Waals surface area contributed by atoms with E-state index in [2.05, 4.69) is 5.10 Å². The number of nitrogens with zero attached hydrogens (tertiary/aromatic N) is 2. The van der Waals surface area contributed by atoms with E-state index in [0.29, 0.717) is 34.9 Å². The van der Waals surface area contributed by atoms with Crippen LogP contribution in [0.15, 0.2) is 58.0 Å². The first kappa shape index (κ1) is 22.2. The first-order chi connectivity index (χ1) is 14.6. The molecule has 10 heteroatoms. The van der Waals surface area contributed by atoms with Crippen LogP contribution in [0, 0.1) is 0 Å². The average molecular weight is 443 g/mol. The van der Waals surface area contributed by atoms with Gasteiger partial charge in [0.05, 0.1) is 28.5 Å². The standard InChI is InChI=1S/C21H21N3O6S/c1-4-29-20-12-15(5-10-19(20)30-14(3)25)11-18-13(2)23-24(21(18)26)16-6-8-17(9-7-16)31(22,27)28/h5-12H,4H2,1-3H3,(H2,22,27,28)/b18-11-. The van der Waals surface area contributed by atoms with Gasteiger partial charge in [0.15, 0.2) is 11.5 Å². The smallest absolute Gasteiger partial charge is 0.308 e. The number of benzene rings is 2. The Morgan fingerprint density at radius 2 is 1.84 bits per heavy atom. The molecule has 162 valence electrons. The van der Waals surface area contributed by atoms with Gasteiger partial charge in [-0.05, 0) is 61.9 Å². The second-order valence-corrected chi connectivity index (χ2v) is 8.19. The molecule has 1 heterocycles. The van der Waals surface area contributed by atoms with E-state index in [1.807, 2.05) is 0 Å². The van der Waals surface area contributed by atoms with Crippen LogP contribution in [-0.2, 0) is 19.6 Å². The fourth-order valence-electron chi connectivity index (χ4n) is 2.92. The van der Waals surface area contributed by atoms with Crippen molar-refractivity contribution in [1.29, 1.82) is 0 Å². The lowest BCUT2D eigenvalue weighted by atomic mass is 10.1. The molecule has 0 bridgehead atoms. The largest absolute Gasteiger partial charge is 0.490 e. The summed E-state index contributed by atoms with van der Waals surface area (Å²) < 4.78 is 33.5. The third-order valence-electron chi connectivity index (χ3n) is 4.30. The molecule has 0 saturated carbocycles. The summed E-state index contributed by atoms with van der Waals surface area (Å²) in [6.07, 6.45) is 1.65. The minimum absolute atomic E-state index is 0.0595. The summed E-state index contributed by atoms with van der Waals surface area (Å²) in [5.74, 6) is -0.174. The molecule has 1 aliphatic rings. The first-order valence-electron chi connectivity index (χ1n) is 9.30. The summed E-state index contributed by atoms with van der Waals surface area (Å²) in [7, 11) is -3.83. The van der Waals surface area contributed by atoms with Crippen molar-refractivity contribution < 1.29 is 27.5 Å². The highest BCUT2D eigenvalue weighted by Crippen LogP contribution is 2.31. The number of hydrogen-bond donors (Lipinski definition) is 1. The lowest BCUT2D eigenvalue weighted by Crippen LogP contribution is -2.21. The fourth-order valence-corrected chi connectivity index (χ4v) is 3.44. The van der Waals surface area contributed by atoms with Crippen molar-refractivity contribution in [1.82, 2.24) is 0 Å². The van der Waals surface area contributed by atoms with Crippen LogP contribution in [0.5, 0.6) is 11.5 Å². The highest BCUT2D eigenvalue weighted by atomic mass is 32.2. The van der Waals surface area contributed by atoms with Crippen molar-refractivity contribution in [3.8, 4) is 11.5 Å². The number of primary sulfonamides is 1. The number of rotatable bonds is 6. The lowest BCUT2D eigenvalue weighted by molar-refractivity contribution is -0.132. The second kappa shape index (κ2) is 8.70. The Balaban J connectivity index is 1.90. The van der Waals surface area contributed by atoms with Gasteiger partial charge in [0.25, 0.3) is 5.91 Å². The van der Waals surface area contributed by atoms with Gasteiger partial charge in [-0.1, -0.05) is 6.07 Å². The van der Waals surface area contributed by atoms with Crippen molar-refractivity contribution >= 4 is 39.4 Å². The molecule has 0 unspecified atom stereocenters. The number of hydrogen-bond acceptors (Lipinski definition) is 7. The molecule has 0 spiro atoms. The lowest BCUT2D eigenvalue weighted by Gasteiger charge is -2.12. The van der Waals surface area contributed by atoms with E-state index in [1.165, 1.54) is 36.2 Å². The topological polar surface area (TPSA) is 128 Å². The predicted octanol–water partition coefficient (Wildman–Crippen LogP) is 2.46. The number of ether oxygens (including phenoxy) is 2. The zero-order chi connectivity index (χ0) is 22.8. The number of carbonyl (C=O) groups is 2. The van der Waals surface area contributed by atoms with Gasteiger partial charge < -0.3 is 9.47 Å². The van der Waals surface area contributed by atoms with Crippen LogP contribution < -0.4 is 19.6 Å². The number of nitrogens with two attached hydrogens (primary N) is 1. The van der Waals surface area contributed by atoms with E-state index in [-0.39, 0.29) is 16.6 Å². The monoisotopic (exact) mass is 443 g/mol. The number of sulfonamides is 1. The van der Waals surface area contributed by atoms with Gasteiger partial charge in [0, 0.05) is 6.92 Å². The van der Waals surface area contributed by atoms with Gasteiger partial charge in [-0.15, -0.1) is 0 Å². The van der Waals surface area contributed by atoms with Crippen molar-refractivity contribution in [3.63, 3.8) is 0 Å². The van der Waals surface area contributed by atoms with Crippen LogP contribution >= 0.6 is 0 Å². The molecule has 0 fully saturated rings. The number of hydrazone groups is 1. The highest BCUT2D eigenvalue weighted by molar-refractivity contribution is 7.89. The van der Waals surface area contributed by atoms with Crippen LogP contribution in [0.1, 0.15) is 26.3 Å². The van der Waals surface area contributed by atoms with Crippen molar-refractivity contribution in [2.75, 3.05) is 11.6 Å². The van der Waals surface area contributed by atoms with Crippen LogP contribution in [0.3, 0.4) is 0 Å². The molecule has 1 amide bonds. The van der Waals surface area contributed by atoms with Crippen molar-refractivity contribution in [2.24, 2.45) is 10.2 Å². The van der Waals surface area contributed by atoms with Crippen molar-refractivity contribution in [2.45, 2.75) is 25.7 Å². The number of carbonyl (C=O) groups excluding carboxylic acids is 2. The van der Waals surface area contributed by atoms with E-state index < -0.39 is 16.0 Å². The summed E-state index contributed by atoms with van der Waals surface area (Å²) in [6.45, 7) is 5.17. The summed E-state index contributed by atoms with van der Waals surface area (Å²) in [5.41, 5.74) is 1.91. The zero-order valence-corrected chi connectivity index (χ0v) is 18.0. The second-order valence-electron chi connectivity index (χ2n) is 6.63. The Labute approximate surface area is 179 Å². The average Bonchev–Trinajstić information content (AvgIpc) is 2.97. The minimum atomic E-state index is -3.83. The predicted molar refractivity (Wildman–Crippen MR) is 115 cm³/mol. The third kappa shape index (κ3) is 4.98. The Bertz CT molecular complexity index is 1200. The molecule has 2 aromatic carbocycles. The Morgan fingerprint density at radius 1 is 1.16 bits per heavy atom. The minimum Gasteiger partial charge on any atom is -0.490 e. The van der Waals surface area contributed by atoms with Gasteiger partial charge in [0.1, 0.15) is 0 Å². The van der Waals surface area contributed by atoms with E-state index in [9.17, 15) is 18.0 Å². The van der Waals surface area contributed by atoms with E-state index in [1.54, 1.807) is 38.1 Å². The van der Waals surface area contributed by atoms with E-state index >= 15 is 0 Å². The molecule has 0 radical (unpaired) electrons. The van der Waals surface area contributed by atoms with Crippen molar-refractivity contribution in [3.05, 3.63) is 53.6 Å². The SMILES string of the molecule is CCOc1cc(/C=C2\C(=O)N(c3ccc(S(N)(=O)=O)cc3)N=C2C)ccc1OC(C)=O. The zero-order valence-electron chi connectivity index (χ0n) is 17.2. The molecular weight excluding hydrogens is 422 g/mol. The molecule has 0 aliphatic carbocycles. The van der Waals surface area contributed by atoms with Gasteiger partial charge >= 0.3 is 5.97 Å². The number of anilines is 1. The Kier molecular flexibility index (Phi) is 6.23. The molecule has 31 heavy (non-hydrogen) atoms. The summed E-state index contributed by atoms with van der Waals surface area (Å²) in [4.78, 5) is 24.1. The molecule has 1 aliphatic heterocycles. The molecule has 2 aromatic rings. The van der Waals surface area contributed by atoms with E-state index in [4.69, 9.17) is 14.6 Å². The maximum atomic E-state index is 12.9. The molecule has 0 atom stereocenters. The molecular formula is C21H21N3O6S. The first-order valence-corrected chi connectivity index (χ1v) is 10.8. The Morgan fingerprint density at radius 3 is 2.42 bits per heavy atom. The Hall–Kier alpha value is -3.50. The van der Waals surface area contributed by atoms with Crippen LogP contribution in [0.25, 0.3) is 6.08 Å². The molecule has 2 N–H and O–H groups in total. The molecule has 9 nitrogen and oxygen atoms in total. The number of esters is 1. The number of amides is 1. The fraction of sp³-hybridized carbons (Fsp3) is 0.190. The highest BCUT2D eigenvalue weighted by Gasteiger charge is 2.29. The van der Waals surface area contributed by atoms with Crippen LogP contribution in [0.2, 0.25) is 0 Å². The molecule has 0 saturated heterocycles. The normalized spacial score (nSPS) is 15.2. The van der Waals surface area contributed by atoms with Gasteiger partial charge in [-0.2, -0.15) is 10.1 Å². The van der Waals surface area contributed by atoms with Gasteiger partial charge in [-0.25, -0.2) is 13.6 Å². The molecule has 0 aromatic heterocycles. The van der Waals surface area contributed by atoms with Gasteiger partial charge in [0.2, 0.25) is 10.0 Å². The van der Waals surface area contributed by atoms with Gasteiger partial charge in [-0.3, -0.25) is 9.59 Å². The summed E-state index contributed by atoms with van der Waals surface area (Å²) in [6, 6.07) is 10.5. The van der Waals surface area contributed by atoms with Crippen LogP contribution in [0.4, 0.5) is 5.69 Å². The summed E-state index contributed by atoms with van der Waals surface area (Å²) in [5, 5.41) is 10.6. The third-order valence-corrected chi connectivity index (χ3v) is 5.23. The quantitative estimate of drug-likeness (QED) is 0.415.